The van der Waals surface area contributed by atoms with Crippen LogP contribution < -0.4 is 4.90 Å². The van der Waals surface area contributed by atoms with Gasteiger partial charge in [-0.2, -0.15) is 10.2 Å². The standard InChI is InChI=1S/C22H21N9/c1-4-17-21-28-26-13-30(21)18-12-25-22(27-20(18)31(17)14(2)3)29-10-9-24-19(29)16-7-5-15(11-23)6-8-16/h5-10,12-14,17H,4H2,1-3H3/t17-/m1/s1. The third-order valence-electron chi connectivity index (χ3n) is 5.52. The summed E-state index contributed by atoms with van der Waals surface area (Å²) in [5.41, 5.74) is 2.36. The number of fused-ring (bicyclic) bond motifs is 3. The Hall–Kier alpha value is -4.06. The van der Waals surface area contributed by atoms with Gasteiger partial charge in [0, 0.05) is 24.0 Å². The summed E-state index contributed by atoms with van der Waals surface area (Å²) in [6, 6.07) is 9.77. The lowest BCUT2D eigenvalue weighted by atomic mass is 10.1. The maximum absolute atomic E-state index is 9.06. The maximum Gasteiger partial charge on any atom is 0.237 e. The first-order valence-electron chi connectivity index (χ1n) is 10.2. The molecule has 0 fully saturated rings. The number of nitriles is 1. The third kappa shape index (κ3) is 2.95. The maximum atomic E-state index is 9.06. The Kier molecular flexibility index (Phi) is 4.47. The largest absolute Gasteiger partial charge is 0.342 e. The fraction of sp³-hybridized carbons (Fsp3) is 0.273. The van der Waals surface area contributed by atoms with Crippen LogP contribution in [0.4, 0.5) is 5.82 Å². The van der Waals surface area contributed by atoms with Crippen LogP contribution in [0.25, 0.3) is 23.0 Å². The van der Waals surface area contributed by atoms with Crippen LogP contribution in [0.15, 0.2) is 49.2 Å². The van der Waals surface area contributed by atoms with Crippen LogP contribution in [0, 0.1) is 11.3 Å². The molecule has 0 radical (unpaired) electrons. The van der Waals surface area contributed by atoms with E-state index < -0.39 is 0 Å². The van der Waals surface area contributed by atoms with Gasteiger partial charge in [0.05, 0.1) is 23.9 Å². The molecule has 1 aromatic carbocycles. The van der Waals surface area contributed by atoms with E-state index >= 15 is 0 Å². The van der Waals surface area contributed by atoms with Crippen LogP contribution in [-0.4, -0.2) is 40.3 Å². The van der Waals surface area contributed by atoms with Gasteiger partial charge in [-0.05, 0) is 44.5 Å². The zero-order valence-electron chi connectivity index (χ0n) is 17.5. The van der Waals surface area contributed by atoms with E-state index in [1.54, 1.807) is 24.7 Å². The Labute approximate surface area is 179 Å². The molecular weight excluding hydrogens is 390 g/mol. The van der Waals surface area contributed by atoms with Crippen molar-refractivity contribution in [3.8, 4) is 29.1 Å². The molecule has 1 atom stereocenters. The monoisotopic (exact) mass is 411 g/mol. The molecule has 0 bridgehead atoms. The second kappa shape index (κ2) is 7.32. The van der Waals surface area contributed by atoms with E-state index in [2.05, 4.69) is 51.9 Å². The summed E-state index contributed by atoms with van der Waals surface area (Å²) in [6.07, 6.45) is 7.99. The van der Waals surface area contributed by atoms with Gasteiger partial charge in [-0.1, -0.05) is 6.92 Å². The van der Waals surface area contributed by atoms with Crippen LogP contribution in [0.5, 0.6) is 0 Å². The van der Waals surface area contributed by atoms with Gasteiger partial charge < -0.3 is 4.90 Å². The first-order chi connectivity index (χ1) is 15.1. The van der Waals surface area contributed by atoms with Gasteiger partial charge >= 0.3 is 0 Å². The molecule has 3 aromatic heterocycles. The Morgan fingerprint density at radius 2 is 1.94 bits per heavy atom. The van der Waals surface area contributed by atoms with E-state index in [0.717, 1.165) is 29.3 Å². The number of benzene rings is 1. The van der Waals surface area contributed by atoms with Crippen molar-refractivity contribution >= 4 is 5.82 Å². The number of hydrogen-bond acceptors (Lipinski definition) is 7. The molecular formula is C22H21N9. The molecule has 1 aliphatic heterocycles. The van der Waals surface area contributed by atoms with Crippen molar-refractivity contribution in [3.63, 3.8) is 0 Å². The molecule has 0 spiro atoms. The first kappa shape index (κ1) is 18.9. The molecule has 4 aromatic rings. The van der Waals surface area contributed by atoms with Crippen molar-refractivity contribution in [2.45, 2.75) is 39.3 Å². The molecule has 0 unspecified atom stereocenters. The van der Waals surface area contributed by atoms with Crippen LogP contribution in [-0.2, 0) is 0 Å². The van der Waals surface area contributed by atoms with Gasteiger partial charge in [-0.3, -0.25) is 9.13 Å². The molecule has 5 rings (SSSR count). The molecule has 0 saturated carbocycles. The van der Waals surface area contributed by atoms with Gasteiger partial charge in [0.1, 0.15) is 17.8 Å². The van der Waals surface area contributed by atoms with Gasteiger partial charge in [-0.15, -0.1) is 10.2 Å². The molecule has 9 heteroatoms. The van der Waals surface area contributed by atoms with Crippen LogP contribution in [0.2, 0.25) is 0 Å². The smallest absolute Gasteiger partial charge is 0.237 e. The van der Waals surface area contributed by atoms with Crippen molar-refractivity contribution in [2.75, 3.05) is 4.90 Å². The van der Waals surface area contributed by atoms with Crippen molar-refractivity contribution < 1.29 is 0 Å². The molecule has 4 heterocycles. The summed E-state index contributed by atoms with van der Waals surface area (Å²) in [6.45, 7) is 6.45. The van der Waals surface area contributed by atoms with Crippen molar-refractivity contribution in [1.29, 1.82) is 5.26 Å². The lowest BCUT2D eigenvalue weighted by molar-refractivity contribution is 0.497. The summed E-state index contributed by atoms with van der Waals surface area (Å²) in [4.78, 5) is 16.4. The fourth-order valence-electron chi connectivity index (χ4n) is 4.12. The molecule has 1 aliphatic rings. The van der Waals surface area contributed by atoms with Crippen molar-refractivity contribution in [2.24, 2.45) is 0 Å². The summed E-state index contributed by atoms with van der Waals surface area (Å²) in [5, 5.41) is 17.5. The van der Waals surface area contributed by atoms with E-state index in [9.17, 15) is 0 Å². The van der Waals surface area contributed by atoms with Gasteiger partial charge in [0.25, 0.3) is 0 Å². The average Bonchev–Trinajstić information content (AvgIpc) is 3.47. The minimum atomic E-state index is 0.0820. The molecule has 0 N–H and O–H groups in total. The fourth-order valence-corrected chi connectivity index (χ4v) is 4.12. The normalized spacial score (nSPS) is 14.9. The highest BCUT2D eigenvalue weighted by Crippen LogP contribution is 2.39. The minimum absolute atomic E-state index is 0.0820. The minimum Gasteiger partial charge on any atom is -0.342 e. The van der Waals surface area contributed by atoms with E-state index in [-0.39, 0.29) is 12.1 Å². The SMILES string of the molecule is CC[C@@H]1c2nncn2-c2cnc(-n3ccnc3-c3ccc(C#N)cc3)nc2N1C(C)C. The zero-order chi connectivity index (χ0) is 21.5. The predicted molar refractivity (Wildman–Crippen MR) is 115 cm³/mol. The highest BCUT2D eigenvalue weighted by atomic mass is 15.4. The van der Waals surface area contributed by atoms with Crippen molar-refractivity contribution in [3.05, 3.63) is 60.6 Å². The second-order valence-electron chi connectivity index (χ2n) is 7.67. The van der Waals surface area contributed by atoms with Crippen LogP contribution in [0.3, 0.4) is 0 Å². The zero-order valence-corrected chi connectivity index (χ0v) is 17.5. The quantitative estimate of drug-likeness (QED) is 0.507. The van der Waals surface area contributed by atoms with E-state index in [1.165, 1.54) is 0 Å². The number of hydrogen-bond donors (Lipinski definition) is 0. The molecule has 0 aliphatic carbocycles. The lowest BCUT2D eigenvalue weighted by Crippen LogP contribution is -2.40. The molecule has 9 nitrogen and oxygen atoms in total. The van der Waals surface area contributed by atoms with Crippen molar-refractivity contribution in [1.82, 2.24) is 34.3 Å². The topological polar surface area (TPSA) is 101 Å². The Bertz CT molecular complexity index is 1280. The summed E-state index contributed by atoms with van der Waals surface area (Å²) in [5.74, 6) is 3.00. The number of anilines is 1. The summed E-state index contributed by atoms with van der Waals surface area (Å²) < 4.78 is 3.84. The summed E-state index contributed by atoms with van der Waals surface area (Å²) >= 11 is 0. The number of aromatic nitrogens is 7. The first-order valence-corrected chi connectivity index (χ1v) is 10.2. The highest BCUT2D eigenvalue weighted by molar-refractivity contribution is 5.64. The van der Waals surface area contributed by atoms with E-state index in [1.807, 2.05) is 33.7 Å². The number of rotatable bonds is 4. The lowest BCUT2D eigenvalue weighted by Gasteiger charge is -2.39. The second-order valence-corrected chi connectivity index (χ2v) is 7.67. The third-order valence-corrected chi connectivity index (χ3v) is 5.52. The predicted octanol–water partition coefficient (Wildman–Crippen LogP) is 3.46. The average molecular weight is 411 g/mol. The van der Waals surface area contributed by atoms with Gasteiger partial charge in [0.2, 0.25) is 5.95 Å². The number of imidazole rings is 1. The molecule has 31 heavy (non-hydrogen) atoms. The Morgan fingerprint density at radius 3 is 2.65 bits per heavy atom. The Morgan fingerprint density at radius 1 is 1.13 bits per heavy atom. The van der Waals surface area contributed by atoms with E-state index in [4.69, 9.17) is 10.2 Å². The van der Waals surface area contributed by atoms with Crippen LogP contribution >= 0.6 is 0 Å². The Balaban J connectivity index is 1.64. The number of nitrogens with zero attached hydrogens (tertiary/aromatic N) is 9. The summed E-state index contributed by atoms with van der Waals surface area (Å²) in [7, 11) is 0. The van der Waals surface area contributed by atoms with Gasteiger partial charge in [0.15, 0.2) is 11.6 Å². The molecule has 154 valence electrons. The van der Waals surface area contributed by atoms with Crippen LogP contribution in [0.1, 0.15) is 44.6 Å². The molecule has 0 saturated heterocycles. The molecule has 0 amide bonds. The van der Waals surface area contributed by atoms with Gasteiger partial charge in [-0.25, -0.2) is 9.97 Å². The highest BCUT2D eigenvalue weighted by Gasteiger charge is 2.35. The van der Waals surface area contributed by atoms with E-state index in [0.29, 0.717) is 17.3 Å².